The fourth-order valence-corrected chi connectivity index (χ4v) is 5.55. The molecule has 0 aliphatic rings. The minimum absolute atomic E-state index is 0.180. The molecule has 184 valence electrons. The highest BCUT2D eigenvalue weighted by molar-refractivity contribution is 7.59. The maximum absolute atomic E-state index is 13.8. The molecule has 0 fully saturated rings. The summed E-state index contributed by atoms with van der Waals surface area (Å²) in [6.07, 6.45) is -0.0726. The highest BCUT2D eigenvalue weighted by Gasteiger charge is 2.38. The summed E-state index contributed by atoms with van der Waals surface area (Å²) in [5, 5.41) is 2.80. The summed E-state index contributed by atoms with van der Waals surface area (Å²) in [6, 6.07) is 5.57. The lowest BCUT2D eigenvalue weighted by Crippen LogP contribution is -2.37. The molecule has 0 saturated heterocycles. The number of carbonyl (C=O) groups excluding carboxylic acids is 1. The maximum atomic E-state index is 13.8. The number of carbonyl (C=O) groups is 1. The Morgan fingerprint density at radius 3 is 2.22 bits per heavy atom. The van der Waals surface area contributed by atoms with Crippen LogP contribution in [0.2, 0.25) is 0 Å². The van der Waals surface area contributed by atoms with Crippen LogP contribution >= 0.6 is 7.37 Å². The fraction of sp³-hybridized carbons (Fsp3) is 0.696. The largest absolute Gasteiger partial charge is 0.444 e. The first kappa shape index (κ1) is 28.4. The van der Waals surface area contributed by atoms with Crippen molar-refractivity contribution in [3.8, 4) is 0 Å². The van der Waals surface area contributed by atoms with Gasteiger partial charge in [0.25, 0.3) is 5.97 Å². The minimum Gasteiger partial charge on any atom is -0.444 e. The zero-order valence-corrected chi connectivity index (χ0v) is 21.7. The lowest BCUT2D eigenvalue weighted by Gasteiger charge is -2.34. The molecule has 1 aromatic carbocycles. The van der Waals surface area contributed by atoms with Crippen LogP contribution in [-0.2, 0) is 23.3 Å². The lowest BCUT2D eigenvalue weighted by molar-refractivity contribution is -0.328. The number of nitrogens with one attached hydrogen (secondary N) is 1. The second kappa shape index (κ2) is 12.0. The summed E-state index contributed by atoms with van der Waals surface area (Å²) >= 11 is 0. The molecule has 9 heteroatoms. The third kappa shape index (κ3) is 9.49. The number of alkyl carbamates (subject to hydrolysis) is 1. The van der Waals surface area contributed by atoms with E-state index in [0.29, 0.717) is 18.9 Å². The molecule has 0 aromatic heterocycles. The first-order valence-corrected chi connectivity index (χ1v) is 13.2. The average molecular weight is 473 g/mol. The number of amides is 1. The molecule has 8 nitrogen and oxygen atoms in total. The van der Waals surface area contributed by atoms with E-state index in [1.165, 1.54) is 0 Å². The Morgan fingerprint density at radius 2 is 1.72 bits per heavy atom. The Hall–Kier alpha value is -1.60. The summed E-state index contributed by atoms with van der Waals surface area (Å²) in [6.45, 7) is 15.3. The summed E-state index contributed by atoms with van der Waals surface area (Å²) in [5.74, 6) is -1.73. The Morgan fingerprint density at radius 1 is 1.12 bits per heavy atom. The van der Waals surface area contributed by atoms with E-state index in [4.69, 9.17) is 24.5 Å². The number of benzene rings is 1. The molecule has 2 atom stereocenters. The molecular weight excluding hydrogens is 431 g/mol. The van der Waals surface area contributed by atoms with Gasteiger partial charge in [-0.05, 0) is 64.8 Å². The first-order valence-electron chi connectivity index (χ1n) is 11.2. The zero-order valence-electron chi connectivity index (χ0n) is 20.8. The van der Waals surface area contributed by atoms with Crippen LogP contribution in [0.1, 0.15) is 65.5 Å². The molecule has 0 spiro atoms. The normalized spacial score (nSPS) is 15.1. The van der Waals surface area contributed by atoms with E-state index in [2.05, 4.69) is 5.32 Å². The van der Waals surface area contributed by atoms with Crippen LogP contribution in [0.25, 0.3) is 0 Å². The summed E-state index contributed by atoms with van der Waals surface area (Å²) in [7, 11) is -3.22. The van der Waals surface area contributed by atoms with Gasteiger partial charge in [0.05, 0.1) is 0 Å². The molecule has 32 heavy (non-hydrogen) atoms. The molecule has 0 heterocycles. The van der Waals surface area contributed by atoms with Crippen molar-refractivity contribution in [1.82, 2.24) is 5.32 Å². The molecule has 3 N–H and O–H groups in total. The lowest BCUT2D eigenvalue weighted by atomic mass is 9.95. The highest BCUT2D eigenvalue weighted by atomic mass is 31.2. The number of aryl methyl sites for hydroxylation is 1. The van der Waals surface area contributed by atoms with Crippen molar-refractivity contribution in [3.05, 3.63) is 29.3 Å². The average Bonchev–Trinajstić information content (AvgIpc) is 2.66. The van der Waals surface area contributed by atoms with Crippen LogP contribution in [0.5, 0.6) is 0 Å². The van der Waals surface area contributed by atoms with Crippen LogP contribution < -0.4 is 11.1 Å². The van der Waals surface area contributed by atoms with E-state index in [-0.39, 0.29) is 24.8 Å². The minimum atomic E-state index is -3.22. The van der Waals surface area contributed by atoms with Gasteiger partial charge in [0.1, 0.15) is 5.60 Å². The van der Waals surface area contributed by atoms with Gasteiger partial charge in [-0.15, -0.1) is 0 Å². The standard InChI is InChI=1S/C23H41N2O6P/c1-9-28-23(8,29-10-2)31-32(27,11-3)16-18(15-25-21(26)30-22(5,6)7)20-14-19(24)13-12-17(20)4/h12-14,18H,9-11,15-16,24H2,1-8H3,(H,25,26). The van der Waals surface area contributed by atoms with Crippen LogP contribution in [0.4, 0.5) is 10.5 Å². The topological polar surface area (TPSA) is 109 Å². The third-order valence-corrected chi connectivity index (χ3v) is 7.39. The quantitative estimate of drug-likeness (QED) is 0.243. The molecular formula is C23H41N2O6P. The van der Waals surface area contributed by atoms with Gasteiger partial charge < -0.3 is 25.3 Å². The van der Waals surface area contributed by atoms with Crippen molar-refractivity contribution in [1.29, 1.82) is 0 Å². The summed E-state index contributed by atoms with van der Waals surface area (Å²) in [4.78, 5) is 12.3. The van der Waals surface area contributed by atoms with E-state index in [1.807, 2.05) is 45.9 Å². The van der Waals surface area contributed by atoms with Crippen LogP contribution in [0.15, 0.2) is 18.2 Å². The summed E-state index contributed by atoms with van der Waals surface area (Å²) < 4.78 is 36.5. The van der Waals surface area contributed by atoms with E-state index < -0.39 is 25.0 Å². The number of nitrogen functional groups attached to an aromatic ring is 1. The number of hydrogen-bond acceptors (Lipinski definition) is 7. The Kier molecular flexibility index (Phi) is 10.7. The SMILES string of the molecule is CCOC(C)(OCC)OP(=O)(CC)CC(CNC(=O)OC(C)(C)C)c1cc(N)ccc1C. The van der Waals surface area contributed by atoms with Crippen LogP contribution in [0, 0.1) is 6.92 Å². The van der Waals surface area contributed by atoms with Gasteiger partial charge in [-0.2, -0.15) is 0 Å². The predicted molar refractivity (Wildman–Crippen MR) is 128 cm³/mol. The summed E-state index contributed by atoms with van der Waals surface area (Å²) in [5.41, 5.74) is 7.88. The van der Waals surface area contributed by atoms with Crippen molar-refractivity contribution in [2.45, 2.75) is 72.9 Å². The van der Waals surface area contributed by atoms with Gasteiger partial charge >= 0.3 is 6.09 Å². The molecule has 0 saturated carbocycles. The van der Waals surface area contributed by atoms with Crippen molar-refractivity contribution >= 4 is 19.1 Å². The predicted octanol–water partition coefficient (Wildman–Crippen LogP) is 5.25. The Labute approximate surface area is 193 Å². The van der Waals surface area contributed by atoms with E-state index in [0.717, 1.165) is 11.1 Å². The second-order valence-electron chi connectivity index (χ2n) is 8.83. The Bertz CT molecular complexity index is 787. The van der Waals surface area contributed by atoms with Crippen molar-refractivity contribution in [2.24, 2.45) is 0 Å². The van der Waals surface area contributed by atoms with Gasteiger partial charge in [-0.3, -0.25) is 9.09 Å². The van der Waals surface area contributed by atoms with Gasteiger partial charge in [-0.25, -0.2) is 4.79 Å². The molecule has 0 aliphatic carbocycles. The highest BCUT2D eigenvalue weighted by Crippen LogP contribution is 2.53. The van der Waals surface area contributed by atoms with Gasteiger partial charge in [-0.1, -0.05) is 13.0 Å². The molecule has 1 rings (SSSR count). The Balaban J connectivity index is 3.20. The van der Waals surface area contributed by atoms with Crippen LogP contribution in [-0.4, -0.2) is 49.7 Å². The van der Waals surface area contributed by atoms with E-state index in [9.17, 15) is 9.36 Å². The molecule has 0 bridgehead atoms. The third-order valence-electron chi connectivity index (χ3n) is 4.76. The van der Waals surface area contributed by atoms with Crippen molar-refractivity contribution in [3.63, 3.8) is 0 Å². The molecule has 1 amide bonds. The monoisotopic (exact) mass is 472 g/mol. The van der Waals surface area contributed by atoms with Crippen LogP contribution in [0.3, 0.4) is 0 Å². The number of rotatable bonds is 12. The van der Waals surface area contributed by atoms with Crippen molar-refractivity contribution < 1.29 is 28.1 Å². The number of hydrogen-bond donors (Lipinski definition) is 2. The van der Waals surface area contributed by atoms with E-state index in [1.54, 1.807) is 27.7 Å². The smallest absolute Gasteiger partial charge is 0.407 e. The number of ether oxygens (including phenoxy) is 3. The molecule has 0 aliphatic heterocycles. The number of nitrogens with two attached hydrogens (primary N) is 1. The van der Waals surface area contributed by atoms with E-state index >= 15 is 0 Å². The molecule has 2 unspecified atom stereocenters. The maximum Gasteiger partial charge on any atom is 0.407 e. The van der Waals surface area contributed by atoms with Gasteiger partial charge in [0.15, 0.2) is 0 Å². The molecule has 1 aromatic rings. The number of anilines is 1. The molecule has 0 radical (unpaired) electrons. The van der Waals surface area contributed by atoms with Crippen molar-refractivity contribution in [2.75, 3.05) is 37.8 Å². The fourth-order valence-electron chi connectivity index (χ4n) is 3.38. The second-order valence-corrected chi connectivity index (χ2v) is 11.6. The zero-order chi connectivity index (χ0) is 24.6. The first-order chi connectivity index (χ1) is 14.8. The van der Waals surface area contributed by atoms with Gasteiger partial charge in [0.2, 0.25) is 7.37 Å². The van der Waals surface area contributed by atoms with Gasteiger partial charge in [0, 0.05) is 50.6 Å².